The van der Waals surface area contributed by atoms with Gasteiger partial charge in [-0.15, -0.1) is 0 Å². The summed E-state index contributed by atoms with van der Waals surface area (Å²) in [5.74, 6) is 0.0131. The van der Waals surface area contributed by atoms with E-state index < -0.39 is 0 Å². The molecule has 0 amide bonds. The minimum atomic E-state index is -0.354. The van der Waals surface area contributed by atoms with Crippen LogP contribution in [0.5, 0.6) is 0 Å². The number of carbonyl (C=O) groups is 1. The van der Waals surface area contributed by atoms with Crippen molar-refractivity contribution in [1.82, 2.24) is 0 Å². The van der Waals surface area contributed by atoms with Gasteiger partial charge in [-0.2, -0.15) is 0 Å². The zero-order chi connectivity index (χ0) is 13.2. The number of carbonyl (C=O) groups excluding carboxylic acids is 1. The van der Waals surface area contributed by atoms with E-state index in [0.29, 0.717) is 10.8 Å². The van der Waals surface area contributed by atoms with Crippen LogP contribution in [-0.4, -0.2) is 5.97 Å². The molecular weight excluding hydrogens is 260 g/mol. The van der Waals surface area contributed by atoms with Crippen molar-refractivity contribution in [3.63, 3.8) is 0 Å². The lowest BCUT2D eigenvalue weighted by atomic mass is 9.99. The number of hydrogen-bond acceptors (Lipinski definition) is 2. The summed E-state index contributed by atoms with van der Waals surface area (Å²) in [5.41, 5.74) is 1.80. The van der Waals surface area contributed by atoms with Gasteiger partial charge in [0.15, 0.2) is 0 Å². The number of rotatable bonds is 2. The largest absolute Gasteiger partial charge is 0.426 e. The molecule has 0 fully saturated rings. The second-order valence-electron chi connectivity index (χ2n) is 4.35. The van der Waals surface area contributed by atoms with Gasteiger partial charge in [0.1, 0.15) is 11.7 Å². The van der Waals surface area contributed by atoms with Gasteiger partial charge in [0.05, 0.1) is 0 Å². The van der Waals surface area contributed by atoms with Crippen LogP contribution in [0.1, 0.15) is 17.0 Å². The Morgan fingerprint density at radius 1 is 0.947 bits per heavy atom. The molecule has 19 heavy (non-hydrogen) atoms. The van der Waals surface area contributed by atoms with Crippen LogP contribution in [0.25, 0.3) is 5.76 Å². The number of cyclic esters (lactones) is 1. The van der Waals surface area contributed by atoms with Crippen molar-refractivity contribution in [3.05, 3.63) is 76.8 Å². The fraction of sp³-hybridized carbons (Fsp3) is 0.0625. The third kappa shape index (κ3) is 2.40. The molecule has 1 atom stereocenters. The van der Waals surface area contributed by atoms with Gasteiger partial charge in [-0.1, -0.05) is 54.1 Å². The molecule has 2 aromatic rings. The molecule has 0 bridgehead atoms. The third-order valence-corrected chi connectivity index (χ3v) is 3.32. The maximum Gasteiger partial charge on any atom is 0.322 e. The third-order valence-electron chi connectivity index (χ3n) is 3.07. The second kappa shape index (κ2) is 4.90. The zero-order valence-corrected chi connectivity index (χ0v) is 10.8. The average molecular weight is 271 g/mol. The van der Waals surface area contributed by atoms with E-state index >= 15 is 0 Å². The summed E-state index contributed by atoms with van der Waals surface area (Å²) >= 11 is 5.85. The predicted molar refractivity (Wildman–Crippen MR) is 74.7 cm³/mol. The van der Waals surface area contributed by atoms with E-state index in [4.69, 9.17) is 16.3 Å². The van der Waals surface area contributed by atoms with Crippen molar-refractivity contribution in [2.24, 2.45) is 0 Å². The van der Waals surface area contributed by atoms with Crippen LogP contribution >= 0.6 is 11.6 Å². The summed E-state index contributed by atoms with van der Waals surface area (Å²) in [6.07, 6.45) is 1.85. The Kier molecular flexibility index (Phi) is 3.10. The van der Waals surface area contributed by atoms with Crippen LogP contribution in [0, 0.1) is 0 Å². The number of hydrogen-bond donors (Lipinski definition) is 0. The summed E-state index contributed by atoms with van der Waals surface area (Å²) in [4.78, 5) is 11.9. The molecule has 1 heterocycles. The molecule has 0 spiro atoms. The van der Waals surface area contributed by atoms with Crippen LogP contribution in [0.3, 0.4) is 0 Å². The molecule has 1 unspecified atom stereocenters. The summed E-state index contributed by atoms with van der Waals surface area (Å²) in [6, 6.07) is 16.8. The van der Waals surface area contributed by atoms with Gasteiger partial charge in [-0.3, -0.25) is 4.79 Å². The van der Waals surface area contributed by atoms with Crippen LogP contribution in [0.2, 0.25) is 5.02 Å². The monoisotopic (exact) mass is 270 g/mol. The molecule has 94 valence electrons. The standard InChI is InChI=1S/C16H11ClO2/c17-13-8-6-11(7-9-13)14-10-15(19-16(14)18)12-4-2-1-3-5-12/h1-10,14H. The quantitative estimate of drug-likeness (QED) is 0.771. The molecule has 0 saturated carbocycles. The Labute approximate surface area is 116 Å². The van der Waals surface area contributed by atoms with Crippen molar-refractivity contribution in [1.29, 1.82) is 0 Å². The van der Waals surface area contributed by atoms with Crippen LogP contribution in [0.4, 0.5) is 0 Å². The SMILES string of the molecule is O=C1OC(c2ccccc2)=CC1c1ccc(Cl)cc1. The van der Waals surface area contributed by atoms with Gasteiger partial charge in [-0.25, -0.2) is 0 Å². The fourth-order valence-corrected chi connectivity index (χ4v) is 2.21. The van der Waals surface area contributed by atoms with Crippen molar-refractivity contribution < 1.29 is 9.53 Å². The topological polar surface area (TPSA) is 26.3 Å². The van der Waals surface area contributed by atoms with E-state index in [1.165, 1.54) is 0 Å². The van der Waals surface area contributed by atoms with Gasteiger partial charge in [0, 0.05) is 10.6 Å². The minimum absolute atomic E-state index is 0.249. The maximum atomic E-state index is 11.9. The molecular formula is C16H11ClO2. The highest BCUT2D eigenvalue weighted by Crippen LogP contribution is 2.33. The second-order valence-corrected chi connectivity index (χ2v) is 4.78. The van der Waals surface area contributed by atoms with Gasteiger partial charge < -0.3 is 4.74 Å². The van der Waals surface area contributed by atoms with Crippen molar-refractivity contribution in [2.75, 3.05) is 0 Å². The van der Waals surface area contributed by atoms with E-state index in [-0.39, 0.29) is 11.9 Å². The highest BCUT2D eigenvalue weighted by Gasteiger charge is 2.29. The summed E-state index contributed by atoms with van der Waals surface area (Å²) in [6.45, 7) is 0. The first-order valence-electron chi connectivity index (χ1n) is 5.98. The molecule has 0 radical (unpaired) electrons. The van der Waals surface area contributed by atoms with Gasteiger partial charge in [-0.05, 0) is 23.8 Å². The van der Waals surface area contributed by atoms with Crippen molar-refractivity contribution in [2.45, 2.75) is 5.92 Å². The van der Waals surface area contributed by atoms with Crippen LogP contribution < -0.4 is 0 Å². The van der Waals surface area contributed by atoms with E-state index in [0.717, 1.165) is 11.1 Å². The van der Waals surface area contributed by atoms with E-state index in [9.17, 15) is 4.79 Å². The van der Waals surface area contributed by atoms with Gasteiger partial charge in [0.2, 0.25) is 0 Å². The Balaban J connectivity index is 1.93. The number of ether oxygens (including phenoxy) is 1. The van der Waals surface area contributed by atoms with Crippen molar-refractivity contribution in [3.8, 4) is 0 Å². The smallest absolute Gasteiger partial charge is 0.322 e. The van der Waals surface area contributed by atoms with Gasteiger partial charge in [0.25, 0.3) is 0 Å². The minimum Gasteiger partial charge on any atom is -0.426 e. The first kappa shape index (κ1) is 12.0. The number of benzene rings is 2. The lowest BCUT2D eigenvalue weighted by Crippen LogP contribution is -2.06. The lowest BCUT2D eigenvalue weighted by Gasteiger charge is -2.04. The lowest BCUT2D eigenvalue weighted by molar-refractivity contribution is -0.135. The van der Waals surface area contributed by atoms with E-state index in [1.54, 1.807) is 12.1 Å². The predicted octanol–water partition coefficient (Wildman–Crippen LogP) is 4.02. The molecule has 0 N–H and O–H groups in total. The van der Waals surface area contributed by atoms with E-state index in [2.05, 4.69) is 0 Å². The Bertz CT molecular complexity index is 630. The average Bonchev–Trinajstić information content (AvgIpc) is 2.83. The van der Waals surface area contributed by atoms with Crippen molar-refractivity contribution >= 4 is 23.3 Å². The van der Waals surface area contributed by atoms with E-state index in [1.807, 2.05) is 48.5 Å². The number of halogens is 1. The fourth-order valence-electron chi connectivity index (χ4n) is 2.09. The van der Waals surface area contributed by atoms with Gasteiger partial charge >= 0.3 is 5.97 Å². The molecule has 1 aliphatic rings. The molecule has 3 heteroatoms. The molecule has 1 aliphatic heterocycles. The van der Waals surface area contributed by atoms with Crippen LogP contribution in [-0.2, 0) is 9.53 Å². The summed E-state index contributed by atoms with van der Waals surface area (Å²) < 4.78 is 5.33. The summed E-state index contributed by atoms with van der Waals surface area (Å²) in [5, 5.41) is 0.655. The molecule has 3 rings (SSSR count). The highest BCUT2D eigenvalue weighted by molar-refractivity contribution is 6.30. The number of esters is 1. The Hall–Kier alpha value is -2.06. The van der Waals surface area contributed by atoms with Crippen LogP contribution in [0.15, 0.2) is 60.7 Å². The molecule has 0 aliphatic carbocycles. The first-order valence-corrected chi connectivity index (χ1v) is 6.36. The summed E-state index contributed by atoms with van der Waals surface area (Å²) in [7, 11) is 0. The normalized spacial score (nSPS) is 18.1. The Morgan fingerprint density at radius 2 is 1.63 bits per heavy atom. The maximum absolute atomic E-state index is 11.9. The Morgan fingerprint density at radius 3 is 2.32 bits per heavy atom. The molecule has 2 aromatic carbocycles. The molecule has 0 saturated heterocycles. The zero-order valence-electron chi connectivity index (χ0n) is 10.0. The molecule has 0 aromatic heterocycles. The first-order chi connectivity index (χ1) is 9.24. The molecule has 2 nitrogen and oxygen atoms in total. The highest BCUT2D eigenvalue weighted by atomic mass is 35.5.